The Morgan fingerprint density at radius 1 is 1.30 bits per heavy atom. The first-order valence-corrected chi connectivity index (χ1v) is 5.02. The van der Waals surface area contributed by atoms with Crippen molar-refractivity contribution in [1.29, 1.82) is 0 Å². The second kappa shape index (κ2) is 5.29. The number of aromatic amines is 1. The molecule has 20 heavy (non-hydrogen) atoms. The van der Waals surface area contributed by atoms with E-state index in [4.69, 9.17) is 0 Å². The zero-order valence-electron chi connectivity index (χ0n) is 9.69. The normalized spacial score (nSPS) is 12.8. The van der Waals surface area contributed by atoms with E-state index >= 15 is 0 Å². The smallest absolute Gasteiger partial charge is 0.459 e. The number of nitrogens with zero attached hydrogens (tertiary/aromatic N) is 1. The highest BCUT2D eigenvalue weighted by atomic mass is 19.4. The third kappa shape index (κ3) is 2.70. The maximum Gasteiger partial charge on any atom is 0.459 e. The molecule has 0 saturated heterocycles. The third-order valence-electron chi connectivity index (χ3n) is 2.15. The Labute approximate surface area is 106 Å². The van der Waals surface area contributed by atoms with Gasteiger partial charge in [-0.3, -0.25) is 5.10 Å². The van der Waals surface area contributed by atoms with E-state index in [2.05, 4.69) is 9.84 Å². The van der Waals surface area contributed by atoms with Crippen molar-refractivity contribution in [2.75, 3.05) is 6.61 Å². The van der Waals surface area contributed by atoms with Crippen LogP contribution in [0.15, 0.2) is 0 Å². The number of aromatic nitrogens is 2. The van der Waals surface area contributed by atoms with E-state index in [0.717, 1.165) is 0 Å². The molecule has 1 aromatic rings. The molecule has 114 valence electrons. The van der Waals surface area contributed by atoms with Crippen molar-refractivity contribution in [3.63, 3.8) is 0 Å². The van der Waals surface area contributed by atoms with Crippen LogP contribution in [-0.4, -0.2) is 28.9 Å². The molecule has 1 N–H and O–H groups in total. The summed E-state index contributed by atoms with van der Waals surface area (Å²) in [7, 11) is 0. The van der Waals surface area contributed by atoms with Gasteiger partial charge in [-0.15, -0.1) is 0 Å². The first-order chi connectivity index (χ1) is 9.04. The molecule has 0 spiro atoms. The quantitative estimate of drug-likeness (QED) is 0.686. The molecule has 0 aliphatic carbocycles. The van der Waals surface area contributed by atoms with Gasteiger partial charge in [0.05, 0.1) is 6.61 Å². The van der Waals surface area contributed by atoms with E-state index in [9.17, 15) is 35.5 Å². The van der Waals surface area contributed by atoms with Gasteiger partial charge in [0.15, 0.2) is 5.69 Å². The summed E-state index contributed by atoms with van der Waals surface area (Å²) in [6.07, 6.45) is -9.59. The standard InChI is InChI=1S/C9H7F7N2O2/c1-2-20-7(19)3-4(6(10)11)17-18-5(3)8(12,13)9(14,15)16/h6H,2H2,1H3,(H,17,18). The Hall–Kier alpha value is -1.81. The molecular weight excluding hydrogens is 301 g/mol. The number of esters is 1. The summed E-state index contributed by atoms with van der Waals surface area (Å²) in [6, 6.07) is 0. The van der Waals surface area contributed by atoms with Gasteiger partial charge in [-0.05, 0) is 6.92 Å². The lowest BCUT2D eigenvalue weighted by Crippen LogP contribution is -2.35. The largest absolute Gasteiger partial charge is 0.462 e. The van der Waals surface area contributed by atoms with Crippen molar-refractivity contribution in [1.82, 2.24) is 10.2 Å². The third-order valence-corrected chi connectivity index (χ3v) is 2.15. The molecule has 1 rings (SSSR count). The van der Waals surface area contributed by atoms with Gasteiger partial charge in [0.25, 0.3) is 6.43 Å². The zero-order chi connectivity index (χ0) is 15.7. The summed E-state index contributed by atoms with van der Waals surface area (Å²) in [4.78, 5) is 11.3. The molecular formula is C9H7F7N2O2. The fourth-order valence-corrected chi connectivity index (χ4v) is 1.28. The van der Waals surface area contributed by atoms with Crippen molar-refractivity contribution in [2.24, 2.45) is 0 Å². The number of carbonyl (C=O) groups excluding carboxylic acids is 1. The van der Waals surface area contributed by atoms with Crippen molar-refractivity contribution in [3.05, 3.63) is 17.0 Å². The van der Waals surface area contributed by atoms with Crippen LogP contribution in [0.4, 0.5) is 30.7 Å². The number of nitrogens with one attached hydrogen (secondary N) is 1. The van der Waals surface area contributed by atoms with Gasteiger partial charge in [0.1, 0.15) is 11.3 Å². The van der Waals surface area contributed by atoms with E-state index in [-0.39, 0.29) is 0 Å². The average Bonchev–Trinajstić information content (AvgIpc) is 2.72. The topological polar surface area (TPSA) is 55.0 Å². The number of rotatable bonds is 4. The van der Waals surface area contributed by atoms with Gasteiger partial charge < -0.3 is 4.74 Å². The maximum atomic E-state index is 13.1. The summed E-state index contributed by atoms with van der Waals surface area (Å²) >= 11 is 0. The highest BCUT2D eigenvalue weighted by molar-refractivity contribution is 5.92. The lowest BCUT2D eigenvalue weighted by Gasteiger charge is -2.18. The van der Waals surface area contributed by atoms with Crippen molar-refractivity contribution >= 4 is 5.97 Å². The predicted molar refractivity (Wildman–Crippen MR) is 49.5 cm³/mol. The summed E-state index contributed by atoms with van der Waals surface area (Å²) in [6.45, 7) is 0.825. The molecule has 11 heteroatoms. The number of carbonyl (C=O) groups is 1. The van der Waals surface area contributed by atoms with Crippen LogP contribution in [0.5, 0.6) is 0 Å². The van der Waals surface area contributed by atoms with Gasteiger partial charge in [-0.1, -0.05) is 0 Å². The number of ether oxygens (including phenoxy) is 1. The van der Waals surface area contributed by atoms with Gasteiger partial charge in [-0.2, -0.15) is 27.1 Å². The van der Waals surface area contributed by atoms with Gasteiger partial charge in [0, 0.05) is 0 Å². The highest BCUT2D eigenvalue weighted by Gasteiger charge is 2.62. The van der Waals surface area contributed by atoms with Crippen LogP contribution in [0.1, 0.15) is 35.1 Å². The average molecular weight is 308 g/mol. The number of hydrogen-bond acceptors (Lipinski definition) is 3. The first-order valence-electron chi connectivity index (χ1n) is 5.02. The molecule has 1 heterocycles. The molecule has 0 unspecified atom stereocenters. The molecule has 0 aromatic carbocycles. The highest BCUT2D eigenvalue weighted by Crippen LogP contribution is 2.45. The SMILES string of the molecule is CCOC(=O)c1c(C(F)(F)C(F)(F)F)n[nH]c1C(F)F. The minimum atomic E-state index is -6.09. The van der Waals surface area contributed by atoms with Crippen LogP contribution >= 0.6 is 0 Å². The van der Waals surface area contributed by atoms with E-state index in [1.807, 2.05) is 0 Å². The lowest BCUT2D eigenvalue weighted by molar-refractivity contribution is -0.291. The fourth-order valence-electron chi connectivity index (χ4n) is 1.28. The molecule has 0 saturated carbocycles. The molecule has 0 fully saturated rings. The number of hydrogen-bond donors (Lipinski definition) is 1. The van der Waals surface area contributed by atoms with Crippen LogP contribution in [0, 0.1) is 0 Å². The molecule has 0 aliphatic rings. The Morgan fingerprint density at radius 2 is 1.85 bits per heavy atom. The molecule has 1 aromatic heterocycles. The van der Waals surface area contributed by atoms with Crippen molar-refractivity contribution < 1.29 is 40.3 Å². The van der Waals surface area contributed by atoms with Gasteiger partial charge in [-0.25, -0.2) is 13.6 Å². The van der Waals surface area contributed by atoms with Crippen LogP contribution < -0.4 is 0 Å². The monoisotopic (exact) mass is 308 g/mol. The van der Waals surface area contributed by atoms with Gasteiger partial charge >= 0.3 is 18.1 Å². The predicted octanol–water partition coefficient (Wildman–Crippen LogP) is 3.18. The lowest BCUT2D eigenvalue weighted by atomic mass is 10.1. The van der Waals surface area contributed by atoms with Crippen LogP contribution in [-0.2, 0) is 10.7 Å². The summed E-state index contributed by atoms with van der Waals surface area (Å²) in [5, 5.41) is 3.81. The van der Waals surface area contributed by atoms with Crippen LogP contribution in [0.3, 0.4) is 0 Å². The maximum absolute atomic E-state index is 13.1. The second-order valence-corrected chi connectivity index (χ2v) is 3.45. The summed E-state index contributed by atoms with van der Waals surface area (Å²) in [5.41, 5.74) is -5.20. The summed E-state index contributed by atoms with van der Waals surface area (Å²) < 4.78 is 92.2. The van der Waals surface area contributed by atoms with E-state index < -0.39 is 48.1 Å². The van der Waals surface area contributed by atoms with Crippen molar-refractivity contribution in [3.8, 4) is 0 Å². The minimum Gasteiger partial charge on any atom is -0.462 e. The molecule has 4 nitrogen and oxygen atoms in total. The number of alkyl halides is 7. The Kier molecular flexibility index (Phi) is 4.30. The fraction of sp³-hybridized carbons (Fsp3) is 0.556. The number of halogens is 7. The van der Waals surface area contributed by atoms with Crippen molar-refractivity contribution in [2.45, 2.75) is 25.4 Å². The zero-order valence-corrected chi connectivity index (χ0v) is 9.69. The van der Waals surface area contributed by atoms with Crippen LogP contribution in [0.2, 0.25) is 0 Å². The van der Waals surface area contributed by atoms with Crippen LogP contribution in [0.25, 0.3) is 0 Å². The molecule has 0 radical (unpaired) electrons. The van der Waals surface area contributed by atoms with Gasteiger partial charge in [0.2, 0.25) is 0 Å². The first kappa shape index (κ1) is 16.2. The molecule has 0 amide bonds. The second-order valence-electron chi connectivity index (χ2n) is 3.45. The summed E-state index contributed by atoms with van der Waals surface area (Å²) in [5.74, 6) is -7.31. The molecule has 0 bridgehead atoms. The minimum absolute atomic E-state index is 0.399. The Morgan fingerprint density at radius 3 is 2.25 bits per heavy atom. The molecule has 0 aliphatic heterocycles. The molecule has 0 atom stereocenters. The number of H-pyrrole nitrogens is 1. The van der Waals surface area contributed by atoms with E-state index in [1.165, 1.54) is 12.0 Å². The Bertz CT molecular complexity index is 495. The van der Waals surface area contributed by atoms with E-state index in [0.29, 0.717) is 0 Å². The Balaban J connectivity index is 3.45. The van der Waals surface area contributed by atoms with E-state index in [1.54, 1.807) is 0 Å².